The Balaban J connectivity index is 1.38. The van der Waals surface area contributed by atoms with Gasteiger partial charge in [0.25, 0.3) is 5.91 Å². The van der Waals surface area contributed by atoms with E-state index in [1.54, 1.807) is 29.2 Å². The molecule has 1 unspecified atom stereocenters. The van der Waals surface area contributed by atoms with Crippen LogP contribution in [0.15, 0.2) is 67.1 Å². The van der Waals surface area contributed by atoms with E-state index in [4.69, 9.17) is 0 Å². The van der Waals surface area contributed by atoms with Crippen LogP contribution in [0, 0.1) is 23.5 Å². The summed E-state index contributed by atoms with van der Waals surface area (Å²) in [7, 11) is 0. The Morgan fingerprint density at radius 3 is 2.30 bits per heavy atom. The molecule has 1 aliphatic rings. The van der Waals surface area contributed by atoms with Crippen LogP contribution in [0.4, 0.5) is 17.6 Å². The van der Waals surface area contributed by atoms with E-state index in [-0.39, 0.29) is 5.91 Å². The number of halogens is 4. The molecule has 1 aliphatic heterocycles. The highest BCUT2D eigenvalue weighted by Gasteiger charge is 2.58. The van der Waals surface area contributed by atoms with Gasteiger partial charge in [-0.25, -0.2) is 13.5 Å². The first-order chi connectivity index (χ1) is 19.2. The van der Waals surface area contributed by atoms with Crippen molar-refractivity contribution < 1.29 is 27.5 Å². The second-order valence-electron chi connectivity index (χ2n) is 9.33. The van der Waals surface area contributed by atoms with Crippen molar-refractivity contribution >= 4 is 5.91 Å². The lowest BCUT2D eigenvalue weighted by Gasteiger charge is -2.35. The average molecular weight is 551 g/mol. The Hall–Kier alpha value is -4.63. The van der Waals surface area contributed by atoms with E-state index in [0.717, 1.165) is 61.3 Å². The number of rotatable bonds is 6. The van der Waals surface area contributed by atoms with Gasteiger partial charge in [-0.15, -0.1) is 5.10 Å². The number of pyridine rings is 1. The van der Waals surface area contributed by atoms with Gasteiger partial charge in [-0.3, -0.25) is 9.78 Å². The third-order valence-corrected chi connectivity index (χ3v) is 6.64. The van der Waals surface area contributed by atoms with Crippen LogP contribution >= 0.6 is 0 Å². The minimum atomic E-state index is -4.17. The zero-order valence-electron chi connectivity index (χ0n) is 20.9. The molecular formula is C28H22F4N6O2. The molecule has 1 N–H and O–H groups in total. The smallest absolute Gasteiger partial charge is 0.323 e. The van der Waals surface area contributed by atoms with Gasteiger partial charge >= 0.3 is 5.92 Å². The lowest BCUT2D eigenvalue weighted by atomic mass is 9.84. The van der Waals surface area contributed by atoms with Crippen molar-refractivity contribution in [2.45, 2.75) is 30.9 Å². The highest BCUT2D eigenvalue weighted by Crippen LogP contribution is 2.46. The topological polar surface area (TPSA) is 97.0 Å². The predicted octanol–water partition coefficient (Wildman–Crippen LogP) is 3.66. The quantitative estimate of drug-likeness (QED) is 0.291. The summed E-state index contributed by atoms with van der Waals surface area (Å²) in [6.45, 7) is 0.543. The third kappa shape index (κ3) is 5.28. The van der Waals surface area contributed by atoms with Crippen LogP contribution in [0.2, 0.25) is 0 Å². The van der Waals surface area contributed by atoms with Gasteiger partial charge in [0, 0.05) is 47.6 Å². The summed E-state index contributed by atoms with van der Waals surface area (Å²) in [6.07, 6.45) is 4.06. The molecule has 1 saturated heterocycles. The van der Waals surface area contributed by atoms with Gasteiger partial charge in [-0.1, -0.05) is 11.8 Å². The maximum absolute atomic E-state index is 15.8. The largest absolute Gasteiger partial charge is 0.377 e. The number of hydrogen-bond donors (Lipinski definition) is 1. The molecule has 12 heteroatoms. The van der Waals surface area contributed by atoms with Crippen LogP contribution in [-0.4, -0.2) is 54.2 Å². The lowest BCUT2D eigenvalue weighted by Crippen LogP contribution is -2.48. The highest BCUT2D eigenvalue weighted by atomic mass is 19.3. The fourth-order valence-electron chi connectivity index (χ4n) is 4.47. The first-order valence-electron chi connectivity index (χ1n) is 12.3. The fraction of sp³-hybridized carbons (Fsp3) is 0.250. The van der Waals surface area contributed by atoms with Crippen molar-refractivity contribution in [1.82, 2.24) is 30.1 Å². The number of carbonyl (C=O) groups excluding carboxylic acids is 1. The molecule has 3 heterocycles. The summed E-state index contributed by atoms with van der Waals surface area (Å²) in [4.78, 5) is 18.1. The second kappa shape index (κ2) is 10.9. The lowest BCUT2D eigenvalue weighted by molar-refractivity contribution is -0.207. The monoisotopic (exact) mass is 550 g/mol. The van der Waals surface area contributed by atoms with Crippen LogP contribution in [0.5, 0.6) is 0 Å². The van der Waals surface area contributed by atoms with E-state index in [0.29, 0.717) is 22.8 Å². The number of carbonyl (C=O) groups is 1. The number of amides is 1. The van der Waals surface area contributed by atoms with Crippen molar-refractivity contribution in [3.8, 4) is 11.8 Å². The summed E-state index contributed by atoms with van der Waals surface area (Å²) < 4.78 is 60.6. The molecule has 1 atom stereocenters. The SMILES string of the molecule is O=C(c1ccc(C#Cc2ccc(C(F)(F)C(O)(Cn3cnnn3)c3ccc(F)cc3F)nc2)cc1)N1CCCC1. The van der Waals surface area contributed by atoms with Crippen LogP contribution < -0.4 is 0 Å². The normalized spacial score (nSPS) is 14.9. The molecule has 4 aromatic rings. The molecular weight excluding hydrogens is 528 g/mol. The number of alkyl halides is 2. The maximum Gasteiger partial charge on any atom is 0.323 e. The summed E-state index contributed by atoms with van der Waals surface area (Å²) in [5.74, 6) is -0.852. The van der Waals surface area contributed by atoms with Gasteiger partial charge in [-0.05, 0) is 71.8 Å². The maximum atomic E-state index is 15.8. The zero-order chi connectivity index (χ0) is 28.3. The van der Waals surface area contributed by atoms with Crippen LogP contribution in [0.1, 0.15) is 45.6 Å². The number of nitrogens with zero attached hydrogens (tertiary/aromatic N) is 6. The molecule has 1 amide bonds. The summed E-state index contributed by atoms with van der Waals surface area (Å²) in [5, 5.41) is 21.4. The van der Waals surface area contributed by atoms with E-state index < -0.39 is 41.0 Å². The molecule has 40 heavy (non-hydrogen) atoms. The molecule has 204 valence electrons. The van der Waals surface area contributed by atoms with Gasteiger partial charge in [0.05, 0.1) is 6.54 Å². The van der Waals surface area contributed by atoms with Gasteiger partial charge < -0.3 is 10.0 Å². The third-order valence-electron chi connectivity index (χ3n) is 6.64. The molecule has 0 spiro atoms. The average Bonchev–Trinajstić information content (AvgIpc) is 3.67. The van der Waals surface area contributed by atoms with E-state index in [1.807, 2.05) is 0 Å². The molecule has 0 aliphatic carbocycles. The number of benzene rings is 2. The molecule has 2 aromatic heterocycles. The summed E-state index contributed by atoms with van der Waals surface area (Å²) >= 11 is 0. The van der Waals surface area contributed by atoms with Crippen molar-refractivity contribution in [3.63, 3.8) is 0 Å². The van der Waals surface area contributed by atoms with Gasteiger partial charge in [-0.2, -0.15) is 8.78 Å². The predicted molar refractivity (Wildman–Crippen MR) is 134 cm³/mol. The fourth-order valence-corrected chi connectivity index (χ4v) is 4.47. The number of hydrogen-bond acceptors (Lipinski definition) is 6. The second-order valence-corrected chi connectivity index (χ2v) is 9.33. The Morgan fingerprint density at radius 2 is 1.68 bits per heavy atom. The zero-order valence-corrected chi connectivity index (χ0v) is 20.9. The first-order valence-corrected chi connectivity index (χ1v) is 12.3. The molecule has 0 saturated carbocycles. The van der Waals surface area contributed by atoms with E-state index in [9.17, 15) is 18.7 Å². The Bertz CT molecular complexity index is 1560. The van der Waals surface area contributed by atoms with Crippen molar-refractivity contribution in [2.75, 3.05) is 13.1 Å². The van der Waals surface area contributed by atoms with Crippen LogP contribution in [0.3, 0.4) is 0 Å². The van der Waals surface area contributed by atoms with Gasteiger partial charge in [0.1, 0.15) is 23.7 Å². The molecule has 0 radical (unpaired) electrons. The van der Waals surface area contributed by atoms with Crippen molar-refractivity contribution in [1.29, 1.82) is 0 Å². The van der Waals surface area contributed by atoms with Crippen molar-refractivity contribution in [2.24, 2.45) is 0 Å². The molecule has 5 rings (SSSR count). The molecule has 1 fully saturated rings. The van der Waals surface area contributed by atoms with E-state index in [2.05, 4.69) is 32.4 Å². The summed E-state index contributed by atoms with van der Waals surface area (Å²) in [6, 6.07) is 10.9. The Kier molecular flexibility index (Phi) is 7.32. The van der Waals surface area contributed by atoms with Gasteiger partial charge in [0.15, 0.2) is 5.60 Å². The van der Waals surface area contributed by atoms with Crippen LogP contribution in [0.25, 0.3) is 0 Å². The molecule has 8 nitrogen and oxygen atoms in total. The molecule has 0 bridgehead atoms. The minimum absolute atomic E-state index is 0.0294. The van der Waals surface area contributed by atoms with E-state index >= 15 is 8.78 Å². The minimum Gasteiger partial charge on any atom is -0.377 e. The molecule has 2 aromatic carbocycles. The number of likely N-dealkylation sites (tertiary alicyclic amines) is 1. The summed E-state index contributed by atoms with van der Waals surface area (Å²) in [5.41, 5.74) is -3.49. The van der Waals surface area contributed by atoms with Crippen LogP contribution in [-0.2, 0) is 18.1 Å². The number of aliphatic hydroxyl groups is 1. The highest BCUT2D eigenvalue weighted by molar-refractivity contribution is 5.94. The first kappa shape index (κ1) is 27.0. The Morgan fingerprint density at radius 1 is 0.975 bits per heavy atom. The van der Waals surface area contributed by atoms with Crippen molar-refractivity contribution in [3.05, 3.63) is 107 Å². The van der Waals surface area contributed by atoms with E-state index in [1.165, 1.54) is 6.07 Å². The Labute approximate surface area is 226 Å². The van der Waals surface area contributed by atoms with Gasteiger partial charge in [0.2, 0.25) is 0 Å². The standard InChI is InChI=1S/C28H22F4N6O2/c29-22-10-11-23(24(30)15-22)27(40,17-38-18-34-35-36-38)28(31,32)25-12-7-20(16-33-25)4-3-19-5-8-21(9-6-19)26(39)37-13-1-2-14-37/h5-12,15-16,18,40H,1-2,13-14,17H2. The number of tetrazole rings is 1. The number of aromatic nitrogens is 5.